The average molecular weight is 442 g/mol. The Balaban J connectivity index is 1.69. The summed E-state index contributed by atoms with van der Waals surface area (Å²) in [5.41, 5.74) is -0.662. The lowest BCUT2D eigenvalue weighted by Crippen LogP contribution is -2.64. The van der Waals surface area contributed by atoms with E-state index in [1.807, 2.05) is 0 Å². The molecule has 32 heavy (non-hydrogen) atoms. The average Bonchev–Trinajstić information content (AvgIpc) is 3.41. The summed E-state index contributed by atoms with van der Waals surface area (Å²) in [5, 5.41) is 15.7. The number of carboxylic acids is 1. The Labute approximate surface area is 192 Å². The normalized spacial score (nSPS) is 46.7. The lowest BCUT2D eigenvalue weighted by molar-refractivity contribution is -0.173. The van der Waals surface area contributed by atoms with E-state index in [0.29, 0.717) is 24.7 Å². The Bertz CT molecular complexity index is 913. The highest BCUT2D eigenvalue weighted by molar-refractivity contribution is 6.03. The molecule has 4 aliphatic carbocycles. The van der Waals surface area contributed by atoms with Gasteiger partial charge in [-0.1, -0.05) is 64.8 Å². The Hall–Kier alpha value is -1.65. The first kappa shape index (κ1) is 22.2. The van der Waals surface area contributed by atoms with Crippen LogP contribution in [0.2, 0.25) is 0 Å². The standard InChI is InChI=1S/C27H39NO4/c1-15(2)21-9-17-11-25(14-29)20-8-7-16(3)19(20)13-26(17,27(21,25)23(30)31)22-10-18(32-28-22)12-24(4,5)6/h9,14-20H,7-8,10-13H2,1-6H3,(H,30,31)/t16-,17-,18?,19-,20-,25+,26-,27+/m1/s1. The van der Waals surface area contributed by atoms with Crippen molar-refractivity contribution in [1.82, 2.24) is 0 Å². The van der Waals surface area contributed by atoms with Crippen molar-refractivity contribution >= 4 is 18.0 Å². The molecule has 0 saturated heterocycles. The third kappa shape index (κ3) is 2.38. The minimum absolute atomic E-state index is 0.0166. The number of carboxylic acid groups (broad SMARTS) is 1. The van der Waals surface area contributed by atoms with E-state index in [1.165, 1.54) is 0 Å². The zero-order chi connectivity index (χ0) is 23.3. The number of nitrogens with zero attached hydrogens (tertiary/aromatic N) is 1. The van der Waals surface area contributed by atoms with Crippen LogP contribution in [0.3, 0.4) is 0 Å². The number of allylic oxidation sites excluding steroid dienone is 1. The molecule has 1 unspecified atom stereocenters. The summed E-state index contributed by atoms with van der Waals surface area (Å²) in [6.07, 6.45) is 8.39. The largest absolute Gasteiger partial charge is 0.481 e. The SMILES string of the molecule is CC(C)C1=C[C@@H]2C[C@]3(C=O)[C@@H]4CC[C@@H](C)[C@H]4C[C@@]2(C2=NOC(CC(C)(C)C)C2)[C@]13C(=O)O. The van der Waals surface area contributed by atoms with E-state index >= 15 is 0 Å². The third-order valence-corrected chi connectivity index (χ3v) is 10.0. The van der Waals surface area contributed by atoms with Gasteiger partial charge >= 0.3 is 5.97 Å². The monoisotopic (exact) mass is 441 g/mol. The highest BCUT2D eigenvalue weighted by Crippen LogP contribution is 2.83. The van der Waals surface area contributed by atoms with Gasteiger partial charge in [-0.2, -0.15) is 0 Å². The first-order valence-corrected chi connectivity index (χ1v) is 12.6. The molecule has 0 amide bonds. The van der Waals surface area contributed by atoms with E-state index in [9.17, 15) is 14.7 Å². The smallest absolute Gasteiger partial charge is 0.315 e. The number of carbonyl (C=O) groups excluding carboxylic acids is 1. The number of aliphatic carboxylic acids is 1. The Morgan fingerprint density at radius 1 is 1.31 bits per heavy atom. The van der Waals surface area contributed by atoms with Crippen LogP contribution in [-0.4, -0.2) is 29.2 Å². The second-order valence-corrected chi connectivity index (χ2v) is 13.0. The van der Waals surface area contributed by atoms with Crippen LogP contribution in [0.25, 0.3) is 0 Å². The summed E-state index contributed by atoms with van der Waals surface area (Å²) in [5.74, 6) is 0.359. The Morgan fingerprint density at radius 2 is 2.03 bits per heavy atom. The molecule has 0 spiro atoms. The van der Waals surface area contributed by atoms with Gasteiger partial charge in [-0.15, -0.1) is 0 Å². The second-order valence-electron chi connectivity index (χ2n) is 13.0. The highest BCUT2D eigenvalue weighted by Gasteiger charge is 2.85. The van der Waals surface area contributed by atoms with Gasteiger partial charge in [-0.25, -0.2) is 0 Å². The Kier molecular flexibility index (Phi) is 4.64. The van der Waals surface area contributed by atoms with Gasteiger partial charge in [0.05, 0.1) is 11.1 Å². The molecule has 5 heteroatoms. The van der Waals surface area contributed by atoms with E-state index < -0.39 is 22.2 Å². The molecule has 3 fully saturated rings. The molecule has 1 aliphatic heterocycles. The van der Waals surface area contributed by atoms with Crippen molar-refractivity contribution in [3.63, 3.8) is 0 Å². The van der Waals surface area contributed by atoms with Crippen molar-refractivity contribution in [2.45, 2.75) is 86.2 Å². The highest BCUT2D eigenvalue weighted by atomic mass is 16.6. The van der Waals surface area contributed by atoms with Crippen molar-refractivity contribution in [2.24, 2.45) is 56.4 Å². The molecule has 5 aliphatic rings. The fourth-order valence-electron chi connectivity index (χ4n) is 9.21. The van der Waals surface area contributed by atoms with Gasteiger partial charge in [0.2, 0.25) is 0 Å². The van der Waals surface area contributed by atoms with Gasteiger partial charge in [0.25, 0.3) is 0 Å². The summed E-state index contributed by atoms with van der Waals surface area (Å²) in [6.45, 7) is 13.1. The van der Waals surface area contributed by atoms with Crippen LogP contribution in [0.5, 0.6) is 0 Å². The number of rotatable bonds is 5. The molecule has 176 valence electrons. The number of fused-ring (bicyclic) bond motifs is 2. The molecule has 5 rings (SSSR count). The maximum atomic E-state index is 13.5. The van der Waals surface area contributed by atoms with Crippen molar-refractivity contribution in [3.8, 4) is 0 Å². The van der Waals surface area contributed by atoms with Crippen molar-refractivity contribution < 1.29 is 19.5 Å². The van der Waals surface area contributed by atoms with E-state index in [1.54, 1.807) is 0 Å². The molecular weight excluding hydrogens is 402 g/mol. The van der Waals surface area contributed by atoms with Crippen LogP contribution in [0, 0.1) is 51.2 Å². The van der Waals surface area contributed by atoms with Gasteiger partial charge in [-0.3, -0.25) is 4.79 Å². The summed E-state index contributed by atoms with van der Waals surface area (Å²) in [7, 11) is 0. The number of hydrogen-bond donors (Lipinski definition) is 1. The third-order valence-electron chi connectivity index (χ3n) is 10.0. The first-order chi connectivity index (χ1) is 14.9. The molecule has 3 saturated carbocycles. The first-order valence-electron chi connectivity index (χ1n) is 12.6. The topological polar surface area (TPSA) is 76.0 Å². The molecular formula is C27H39NO4. The summed E-state index contributed by atoms with van der Waals surface area (Å²) in [6, 6.07) is 0. The second kappa shape index (κ2) is 6.70. The minimum atomic E-state index is -1.19. The van der Waals surface area contributed by atoms with Crippen LogP contribution >= 0.6 is 0 Å². The van der Waals surface area contributed by atoms with Gasteiger partial charge in [-0.05, 0) is 60.7 Å². The molecule has 8 atom stereocenters. The lowest BCUT2D eigenvalue weighted by atomic mass is 9.41. The van der Waals surface area contributed by atoms with Crippen molar-refractivity contribution in [2.75, 3.05) is 0 Å². The van der Waals surface area contributed by atoms with Gasteiger partial charge < -0.3 is 14.7 Å². The fourth-order valence-corrected chi connectivity index (χ4v) is 9.21. The summed E-state index contributed by atoms with van der Waals surface area (Å²) >= 11 is 0. The van der Waals surface area contributed by atoms with Gasteiger partial charge in [0, 0.05) is 11.8 Å². The summed E-state index contributed by atoms with van der Waals surface area (Å²) in [4.78, 5) is 32.6. The number of hydrogen-bond acceptors (Lipinski definition) is 4. The predicted molar refractivity (Wildman–Crippen MR) is 123 cm³/mol. The van der Waals surface area contributed by atoms with E-state index in [4.69, 9.17) is 4.84 Å². The maximum absolute atomic E-state index is 13.5. The van der Waals surface area contributed by atoms with Crippen LogP contribution in [0.4, 0.5) is 0 Å². The van der Waals surface area contributed by atoms with Crippen LogP contribution in [0.1, 0.15) is 80.1 Å². The zero-order valence-electron chi connectivity index (χ0n) is 20.5. The van der Waals surface area contributed by atoms with Gasteiger partial charge in [0.1, 0.15) is 17.8 Å². The number of oxime groups is 1. The van der Waals surface area contributed by atoms with E-state index in [-0.39, 0.29) is 29.3 Å². The Morgan fingerprint density at radius 3 is 2.62 bits per heavy atom. The van der Waals surface area contributed by atoms with Crippen LogP contribution in [-0.2, 0) is 14.4 Å². The predicted octanol–water partition coefficient (Wildman–Crippen LogP) is 5.49. The molecule has 4 bridgehead atoms. The molecule has 0 radical (unpaired) electrons. The summed E-state index contributed by atoms with van der Waals surface area (Å²) < 4.78 is 0. The molecule has 0 aromatic carbocycles. The van der Waals surface area contributed by atoms with Crippen molar-refractivity contribution in [1.29, 1.82) is 0 Å². The van der Waals surface area contributed by atoms with Crippen LogP contribution < -0.4 is 0 Å². The lowest BCUT2D eigenvalue weighted by Gasteiger charge is -2.58. The molecule has 0 aromatic heterocycles. The fraction of sp³-hybridized carbons (Fsp3) is 0.815. The van der Waals surface area contributed by atoms with Crippen molar-refractivity contribution in [3.05, 3.63) is 11.6 Å². The molecule has 1 N–H and O–H groups in total. The molecule has 5 nitrogen and oxygen atoms in total. The van der Waals surface area contributed by atoms with E-state index in [0.717, 1.165) is 43.3 Å². The molecule has 0 aromatic rings. The van der Waals surface area contributed by atoms with Crippen LogP contribution in [0.15, 0.2) is 16.8 Å². The number of aldehydes is 1. The molecule has 1 heterocycles. The van der Waals surface area contributed by atoms with Gasteiger partial charge in [0.15, 0.2) is 0 Å². The van der Waals surface area contributed by atoms with E-state index in [2.05, 4.69) is 52.8 Å². The maximum Gasteiger partial charge on any atom is 0.315 e. The minimum Gasteiger partial charge on any atom is -0.481 e. The quantitative estimate of drug-likeness (QED) is 0.452. The number of carbonyl (C=O) groups is 2. The zero-order valence-corrected chi connectivity index (χ0v) is 20.5.